The Balaban J connectivity index is 3.15. The third-order valence-corrected chi connectivity index (χ3v) is 1.51. The minimum atomic E-state index is 0.726. The Morgan fingerprint density at radius 2 is 2.09 bits per heavy atom. The average Bonchev–Trinajstić information content (AvgIpc) is 1.97. The monoisotopic (exact) mass is 159 g/mol. The normalized spacial score (nSPS) is 11.5. The molecular weight excluding hydrogens is 138 g/mol. The molecule has 0 heterocycles. The Morgan fingerprint density at radius 3 is 2.55 bits per heavy atom. The summed E-state index contributed by atoms with van der Waals surface area (Å²) in [6.07, 6.45) is 2.27. The highest BCUT2D eigenvalue weighted by Gasteiger charge is 1.98. The first-order valence-corrected chi connectivity index (χ1v) is 4.42. The minimum Gasteiger partial charge on any atom is -0.255 e. The Bertz CT molecular complexity index is 83.4. The number of hydrogen-bond acceptors (Lipinski definition) is 3. The molecule has 0 saturated heterocycles. The second-order valence-electron chi connectivity index (χ2n) is 3.28. The van der Waals surface area contributed by atoms with Crippen molar-refractivity contribution in [2.24, 2.45) is 11.8 Å². The molecule has 0 atom stereocenters. The molecule has 0 amide bonds. The van der Waals surface area contributed by atoms with E-state index in [-0.39, 0.29) is 0 Å². The molecule has 68 valence electrons. The molecule has 0 aromatic carbocycles. The van der Waals surface area contributed by atoms with Crippen LogP contribution in [0.2, 0.25) is 0 Å². The topological polar surface area (TPSA) is 41.3 Å². The smallest absolute Gasteiger partial charge is 0.0288 e. The molecule has 11 heavy (non-hydrogen) atoms. The van der Waals surface area contributed by atoms with E-state index in [1.54, 1.807) is 5.12 Å². The van der Waals surface area contributed by atoms with Gasteiger partial charge in [0.15, 0.2) is 0 Å². The predicted octanol–water partition coefficient (Wildman–Crippen LogP) is 1.12. The van der Waals surface area contributed by atoms with E-state index < -0.39 is 0 Å². The summed E-state index contributed by atoms with van der Waals surface area (Å²) in [5, 5.41) is 1.68. The molecule has 0 spiro atoms. The number of hydrogen-bond donors (Lipinski definition) is 2. The van der Waals surface area contributed by atoms with Gasteiger partial charge in [0.25, 0.3) is 0 Å². The highest BCUT2D eigenvalue weighted by Crippen LogP contribution is 1.97. The summed E-state index contributed by atoms with van der Waals surface area (Å²) in [5.74, 6) is 6.36. The van der Waals surface area contributed by atoms with E-state index in [1.165, 1.54) is 0 Å². The van der Waals surface area contributed by atoms with Crippen molar-refractivity contribution >= 4 is 0 Å². The Labute approximate surface area is 69.9 Å². The first-order valence-electron chi connectivity index (χ1n) is 4.42. The lowest BCUT2D eigenvalue weighted by atomic mass is 10.1. The van der Waals surface area contributed by atoms with Gasteiger partial charge in [-0.3, -0.25) is 5.84 Å². The van der Waals surface area contributed by atoms with Crippen LogP contribution >= 0.6 is 0 Å². The van der Waals surface area contributed by atoms with Crippen LogP contribution in [0.3, 0.4) is 0 Å². The van der Waals surface area contributed by atoms with E-state index in [9.17, 15) is 0 Å². The first kappa shape index (κ1) is 10.9. The van der Waals surface area contributed by atoms with Crippen LogP contribution in [-0.4, -0.2) is 18.2 Å². The van der Waals surface area contributed by atoms with Crippen LogP contribution in [0.25, 0.3) is 0 Å². The number of rotatable bonds is 6. The second-order valence-corrected chi connectivity index (χ2v) is 3.28. The largest absolute Gasteiger partial charge is 0.255 e. The molecular formula is C8H21N3. The van der Waals surface area contributed by atoms with Crippen LogP contribution in [0.5, 0.6) is 0 Å². The fourth-order valence-electron chi connectivity index (χ4n) is 0.732. The van der Waals surface area contributed by atoms with Gasteiger partial charge >= 0.3 is 0 Å². The lowest BCUT2D eigenvalue weighted by Crippen LogP contribution is -2.44. The molecule has 0 fully saturated rings. The van der Waals surface area contributed by atoms with Crippen molar-refractivity contribution < 1.29 is 0 Å². The summed E-state index contributed by atoms with van der Waals surface area (Å²) in [7, 11) is 0. The van der Waals surface area contributed by atoms with Crippen molar-refractivity contribution in [2.75, 3.05) is 13.1 Å². The molecule has 0 rings (SSSR count). The van der Waals surface area contributed by atoms with Crippen LogP contribution in [0.4, 0.5) is 0 Å². The predicted molar refractivity (Wildman–Crippen MR) is 48.6 cm³/mol. The molecule has 0 aliphatic carbocycles. The highest BCUT2D eigenvalue weighted by atomic mass is 15.7. The lowest BCUT2D eigenvalue weighted by molar-refractivity contribution is 0.181. The molecule has 0 aliphatic rings. The number of hydrazine groups is 2. The second kappa shape index (κ2) is 6.58. The quantitative estimate of drug-likeness (QED) is 0.451. The van der Waals surface area contributed by atoms with Gasteiger partial charge in [0.2, 0.25) is 0 Å². The summed E-state index contributed by atoms with van der Waals surface area (Å²) in [6.45, 7) is 8.43. The SMILES string of the molecule is CCCNN(N)CCC(C)C. The van der Waals surface area contributed by atoms with E-state index in [0.29, 0.717) is 0 Å². The van der Waals surface area contributed by atoms with Crippen molar-refractivity contribution in [3.05, 3.63) is 0 Å². The average molecular weight is 159 g/mol. The summed E-state index contributed by atoms with van der Waals surface area (Å²) in [4.78, 5) is 0. The molecule has 0 aromatic heterocycles. The van der Waals surface area contributed by atoms with Gasteiger partial charge in [0, 0.05) is 13.1 Å². The maximum Gasteiger partial charge on any atom is 0.0288 e. The number of nitrogens with zero attached hydrogens (tertiary/aromatic N) is 1. The van der Waals surface area contributed by atoms with Gasteiger partial charge in [0.05, 0.1) is 0 Å². The van der Waals surface area contributed by atoms with E-state index in [4.69, 9.17) is 5.84 Å². The molecule has 0 aliphatic heterocycles. The third-order valence-electron chi connectivity index (χ3n) is 1.51. The fraction of sp³-hybridized carbons (Fsp3) is 1.00. The molecule has 0 unspecified atom stereocenters. The van der Waals surface area contributed by atoms with E-state index >= 15 is 0 Å². The molecule has 0 saturated carbocycles. The standard InChI is InChI=1S/C8H21N3/c1-4-6-10-11(9)7-5-8(2)3/h8,10H,4-7,9H2,1-3H3. The molecule has 0 bridgehead atoms. The highest BCUT2D eigenvalue weighted by molar-refractivity contribution is 4.48. The van der Waals surface area contributed by atoms with Crippen LogP contribution in [0.15, 0.2) is 0 Å². The van der Waals surface area contributed by atoms with Gasteiger partial charge in [-0.25, -0.2) is 5.43 Å². The van der Waals surface area contributed by atoms with Crippen LogP contribution in [0.1, 0.15) is 33.6 Å². The van der Waals surface area contributed by atoms with Crippen LogP contribution in [0, 0.1) is 5.92 Å². The molecule has 3 N–H and O–H groups in total. The van der Waals surface area contributed by atoms with Gasteiger partial charge in [-0.05, 0) is 18.8 Å². The van der Waals surface area contributed by atoms with Gasteiger partial charge < -0.3 is 0 Å². The molecule has 0 radical (unpaired) electrons. The van der Waals surface area contributed by atoms with E-state index in [1.807, 2.05) is 0 Å². The molecule has 0 aromatic rings. The number of nitrogens with one attached hydrogen (secondary N) is 1. The maximum absolute atomic E-state index is 5.63. The first-order chi connectivity index (χ1) is 5.16. The van der Waals surface area contributed by atoms with Gasteiger partial charge in [-0.1, -0.05) is 20.8 Å². The van der Waals surface area contributed by atoms with E-state index in [2.05, 4.69) is 26.2 Å². The van der Waals surface area contributed by atoms with E-state index in [0.717, 1.165) is 31.8 Å². The zero-order valence-corrected chi connectivity index (χ0v) is 7.93. The summed E-state index contributed by atoms with van der Waals surface area (Å²) in [5.41, 5.74) is 3.10. The molecule has 3 nitrogen and oxygen atoms in total. The van der Waals surface area contributed by atoms with Gasteiger partial charge in [-0.2, -0.15) is 5.12 Å². The molecule has 3 heteroatoms. The van der Waals surface area contributed by atoms with Gasteiger partial charge in [0.1, 0.15) is 0 Å². The summed E-state index contributed by atoms with van der Waals surface area (Å²) in [6, 6.07) is 0. The van der Waals surface area contributed by atoms with Crippen molar-refractivity contribution in [1.29, 1.82) is 0 Å². The van der Waals surface area contributed by atoms with Crippen molar-refractivity contribution in [3.8, 4) is 0 Å². The van der Waals surface area contributed by atoms with Crippen molar-refractivity contribution in [2.45, 2.75) is 33.6 Å². The Hall–Kier alpha value is -0.120. The number of nitrogens with two attached hydrogens (primary N) is 1. The fourth-order valence-corrected chi connectivity index (χ4v) is 0.732. The van der Waals surface area contributed by atoms with Crippen LogP contribution < -0.4 is 11.3 Å². The Morgan fingerprint density at radius 1 is 1.45 bits per heavy atom. The summed E-state index contributed by atoms with van der Waals surface area (Å²) >= 11 is 0. The third kappa shape index (κ3) is 7.78. The van der Waals surface area contributed by atoms with Crippen LogP contribution in [-0.2, 0) is 0 Å². The zero-order valence-electron chi connectivity index (χ0n) is 7.93. The summed E-state index contributed by atoms with van der Waals surface area (Å²) < 4.78 is 0. The van der Waals surface area contributed by atoms with Crippen molar-refractivity contribution in [1.82, 2.24) is 10.5 Å². The Kier molecular flexibility index (Phi) is 6.51. The zero-order chi connectivity index (χ0) is 8.69. The maximum atomic E-state index is 5.63. The lowest BCUT2D eigenvalue weighted by Gasteiger charge is -2.17. The minimum absolute atomic E-state index is 0.726. The van der Waals surface area contributed by atoms with Gasteiger partial charge in [-0.15, -0.1) is 0 Å². The van der Waals surface area contributed by atoms with Crippen molar-refractivity contribution in [3.63, 3.8) is 0 Å².